The average Bonchev–Trinajstić information content (AvgIpc) is 3.13. The van der Waals surface area contributed by atoms with Crippen LogP contribution in [0, 0.1) is 12.7 Å². The number of carbonyl (C=O) groups is 2. The van der Waals surface area contributed by atoms with Gasteiger partial charge in [-0.25, -0.2) is 9.18 Å². The van der Waals surface area contributed by atoms with Gasteiger partial charge in [0.15, 0.2) is 0 Å². The predicted octanol–water partition coefficient (Wildman–Crippen LogP) is 4.49. The highest BCUT2D eigenvalue weighted by Gasteiger charge is 2.28. The van der Waals surface area contributed by atoms with Crippen LogP contribution in [-0.2, 0) is 11.3 Å². The van der Waals surface area contributed by atoms with Crippen LogP contribution >= 0.6 is 11.3 Å². The van der Waals surface area contributed by atoms with E-state index < -0.39 is 0 Å². The van der Waals surface area contributed by atoms with Gasteiger partial charge in [-0.1, -0.05) is 18.2 Å². The topological polar surface area (TPSA) is 61.9 Å². The fourth-order valence-corrected chi connectivity index (χ4v) is 4.99. The highest BCUT2D eigenvalue weighted by Crippen LogP contribution is 2.34. The average molecular weight is 442 g/mol. The SMILES string of the molecule is COCc1c(C(=O)N2CCN(C(=O)Nc3cccc(C)c3)CC2)sc2cccc(F)c12. The van der Waals surface area contributed by atoms with Gasteiger partial charge in [0.05, 0.1) is 11.5 Å². The lowest BCUT2D eigenvalue weighted by Gasteiger charge is -2.34. The lowest BCUT2D eigenvalue weighted by Crippen LogP contribution is -2.51. The van der Waals surface area contributed by atoms with Crippen molar-refractivity contribution in [2.75, 3.05) is 38.6 Å². The number of ether oxygens (including phenoxy) is 1. The summed E-state index contributed by atoms with van der Waals surface area (Å²) in [4.78, 5) is 29.7. The minimum atomic E-state index is -0.350. The van der Waals surface area contributed by atoms with Gasteiger partial charge in [0.25, 0.3) is 5.91 Å². The van der Waals surface area contributed by atoms with Gasteiger partial charge in [-0.15, -0.1) is 11.3 Å². The zero-order valence-electron chi connectivity index (χ0n) is 17.5. The molecule has 31 heavy (non-hydrogen) atoms. The number of aryl methyl sites for hydroxylation is 1. The molecule has 3 aromatic rings. The van der Waals surface area contributed by atoms with Crippen molar-refractivity contribution in [3.63, 3.8) is 0 Å². The van der Waals surface area contributed by atoms with Gasteiger partial charge in [-0.2, -0.15) is 0 Å². The molecule has 0 atom stereocenters. The summed E-state index contributed by atoms with van der Waals surface area (Å²) in [7, 11) is 1.53. The second-order valence-corrected chi connectivity index (χ2v) is 8.59. The minimum absolute atomic E-state index is 0.147. The maximum absolute atomic E-state index is 14.4. The van der Waals surface area contributed by atoms with Crippen LogP contribution in [0.2, 0.25) is 0 Å². The van der Waals surface area contributed by atoms with Gasteiger partial charge in [-0.3, -0.25) is 4.79 Å². The molecule has 1 aliphatic rings. The molecule has 0 saturated carbocycles. The maximum Gasteiger partial charge on any atom is 0.321 e. The summed E-state index contributed by atoms with van der Waals surface area (Å²) in [5.41, 5.74) is 2.41. The van der Waals surface area contributed by atoms with Crippen LogP contribution in [0.3, 0.4) is 0 Å². The molecule has 162 valence electrons. The Morgan fingerprint density at radius 2 is 1.81 bits per heavy atom. The number of hydrogen-bond donors (Lipinski definition) is 1. The number of carbonyl (C=O) groups excluding carboxylic acids is 2. The molecule has 0 unspecified atom stereocenters. The number of amides is 3. The molecule has 0 spiro atoms. The van der Waals surface area contributed by atoms with E-state index in [2.05, 4.69) is 5.32 Å². The number of halogens is 1. The molecule has 4 rings (SSSR count). The lowest BCUT2D eigenvalue weighted by atomic mass is 10.1. The largest absolute Gasteiger partial charge is 0.380 e. The number of benzene rings is 2. The number of methoxy groups -OCH3 is 1. The first-order chi connectivity index (χ1) is 15.0. The number of anilines is 1. The molecule has 1 saturated heterocycles. The fraction of sp³-hybridized carbons (Fsp3) is 0.304. The Hall–Kier alpha value is -2.97. The quantitative estimate of drug-likeness (QED) is 0.649. The number of thiophene rings is 1. The van der Waals surface area contributed by atoms with Gasteiger partial charge < -0.3 is 19.9 Å². The monoisotopic (exact) mass is 441 g/mol. The molecule has 1 aromatic heterocycles. The number of fused-ring (bicyclic) bond motifs is 1. The van der Waals surface area contributed by atoms with Crippen molar-refractivity contribution in [3.05, 3.63) is 64.3 Å². The van der Waals surface area contributed by atoms with E-state index in [0.29, 0.717) is 42.0 Å². The Morgan fingerprint density at radius 3 is 2.52 bits per heavy atom. The van der Waals surface area contributed by atoms with Crippen LogP contribution in [0.4, 0.5) is 14.9 Å². The molecular formula is C23H24FN3O3S. The van der Waals surface area contributed by atoms with Gasteiger partial charge in [0.1, 0.15) is 5.82 Å². The van der Waals surface area contributed by atoms with E-state index in [4.69, 9.17) is 4.74 Å². The van der Waals surface area contributed by atoms with Gasteiger partial charge in [-0.05, 0) is 36.8 Å². The number of piperazine rings is 1. The first-order valence-corrected chi connectivity index (χ1v) is 10.9. The van der Waals surface area contributed by atoms with Crippen LogP contribution < -0.4 is 5.32 Å². The van der Waals surface area contributed by atoms with E-state index in [-0.39, 0.29) is 24.4 Å². The normalized spacial score (nSPS) is 14.2. The van der Waals surface area contributed by atoms with Crippen LogP contribution in [0.1, 0.15) is 20.8 Å². The third-order valence-corrected chi connectivity index (χ3v) is 6.55. The molecular weight excluding hydrogens is 417 g/mol. The fourth-order valence-electron chi connectivity index (χ4n) is 3.80. The van der Waals surface area contributed by atoms with E-state index in [0.717, 1.165) is 16.0 Å². The molecule has 0 radical (unpaired) electrons. The van der Waals surface area contributed by atoms with Gasteiger partial charge in [0, 0.05) is 54.6 Å². The molecule has 0 aliphatic carbocycles. The molecule has 1 N–H and O–H groups in total. The number of urea groups is 1. The highest BCUT2D eigenvalue weighted by atomic mass is 32.1. The molecule has 1 aliphatic heterocycles. The molecule has 2 heterocycles. The summed E-state index contributed by atoms with van der Waals surface area (Å²) in [5.74, 6) is -0.496. The third kappa shape index (κ3) is 4.40. The molecule has 1 fully saturated rings. The van der Waals surface area contributed by atoms with Gasteiger partial charge >= 0.3 is 6.03 Å². The summed E-state index contributed by atoms with van der Waals surface area (Å²) in [5, 5.41) is 3.36. The van der Waals surface area contributed by atoms with E-state index in [1.807, 2.05) is 37.3 Å². The molecule has 2 aromatic carbocycles. The number of nitrogens with one attached hydrogen (secondary N) is 1. The smallest absolute Gasteiger partial charge is 0.321 e. The minimum Gasteiger partial charge on any atom is -0.380 e. The third-order valence-electron chi connectivity index (χ3n) is 5.37. The summed E-state index contributed by atoms with van der Waals surface area (Å²) >= 11 is 1.29. The first-order valence-electron chi connectivity index (χ1n) is 10.1. The Morgan fingerprint density at radius 1 is 1.10 bits per heavy atom. The summed E-state index contributed by atoms with van der Waals surface area (Å²) < 4.78 is 20.4. The summed E-state index contributed by atoms with van der Waals surface area (Å²) in [6.45, 7) is 3.84. The van der Waals surface area contributed by atoms with E-state index in [9.17, 15) is 14.0 Å². The molecule has 3 amide bonds. The maximum atomic E-state index is 14.4. The molecule has 0 bridgehead atoms. The second-order valence-electron chi connectivity index (χ2n) is 7.53. The van der Waals surface area contributed by atoms with E-state index in [1.54, 1.807) is 15.9 Å². The van der Waals surface area contributed by atoms with Crippen LogP contribution in [0.15, 0.2) is 42.5 Å². The molecule has 8 heteroatoms. The Kier molecular flexibility index (Phi) is 6.20. The standard InChI is InChI=1S/C23H24FN3O3S/c1-15-5-3-6-16(13-15)25-23(29)27-11-9-26(10-12-27)22(28)21-17(14-30-2)20-18(24)7-4-8-19(20)31-21/h3-8,13H,9-12,14H2,1-2H3,(H,25,29). The van der Waals surface area contributed by atoms with Gasteiger partial charge in [0.2, 0.25) is 0 Å². The lowest BCUT2D eigenvalue weighted by molar-refractivity contribution is 0.0672. The highest BCUT2D eigenvalue weighted by molar-refractivity contribution is 7.21. The van der Waals surface area contributed by atoms with Crippen molar-refractivity contribution in [3.8, 4) is 0 Å². The first kappa shape index (κ1) is 21.3. The second kappa shape index (κ2) is 9.03. The van der Waals surface area contributed by atoms with Crippen LogP contribution in [0.25, 0.3) is 10.1 Å². The zero-order chi connectivity index (χ0) is 22.0. The van der Waals surface area contributed by atoms with Crippen molar-refractivity contribution < 1.29 is 18.7 Å². The van der Waals surface area contributed by atoms with Crippen molar-refractivity contribution in [2.45, 2.75) is 13.5 Å². The van der Waals surface area contributed by atoms with Crippen molar-refractivity contribution in [1.82, 2.24) is 9.80 Å². The van der Waals surface area contributed by atoms with Crippen LogP contribution in [-0.4, -0.2) is 55.0 Å². The Labute approximate surface area is 184 Å². The summed E-state index contributed by atoms with van der Waals surface area (Å²) in [6.07, 6.45) is 0. The van der Waals surface area contributed by atoms with E-state index in [1.165, 1.54) is 24.5 Å². The number of hydrogen-bond acceptors (Lipinski definition) is 4. The van der Waals surface area contributed by atoms with E-state index >= 15 is 0 Å². The number of nitrogens with zero attached hydrogens (tertiary/aromatic N) is 2. The van der Waals surface area contributed by atoms with Crippen LogP contribution in [0.5, 0.6) is 0 Å². The summed E-state index contributed by atoms with van der Waals surface area (Å²) in [6, 6.07) is 12.3. The number of rotatable bonds is 4. The molecule has 6 nitrogen and oxygen atoms in total. The van der Waals surface area contributed by atoms with Crippen molar-refractivity contribution in [1.29, 1.82) is 0 Å². The zero-order valence-corrected chi connectivity index (χ0v) is 18.3. The predicted molar refractivity (Wildman–Crippen MR) is 120 cm³/mol. The Bertz CT molecular complexity index is 1120. The Balaban J connectivity index is 1.45. The van der Waals surface area contributed by atoms with Crippen molar-refractivity contribution in [2.24, 2.45) is 0 Å². The van der Waals surface area contributed by atoms with Crippen molar-refractivity contribution >= 4 is 39.0 Å².